The number of benzene rings is 1. The summed E-state index contributed by atoms with van der Waals surface area (Å²) in [5, 5.41) is 2.60. The van der Waals surface area contributed by atoms with Crippen LogP contribution in [0.4, 0.5) is 10.1 Å². The van der Waals surface area contributed by atoms with Crippen molar-refractivity contribution in [2.24, 2.45) is 0 Å². The number of anilines is 1. The molecule has 1 amide bonds. The third-order valence-electron chi connectivity index (χ3n) is 1.89. The van der Waals surface area contributed by atoms with Gasteiger partial charge in [-0.15, -0.1) is 0 Å². The van der Waals surface area contributed by atoms with Crippen molar-refractivity contribution in [3.8, 4) is 5.75 Å². The molecular weight excluding hydrogens is 172 g/mol. The van der Waals surface area contributed by atoms with Crippen LogP contribution in [0.2, 0.25) is 0 Å². The average Bonchev–Trinajstić information content (AvgIpc) is 2.08. The molecule has 1 aliphatic heterocycles. The summed E-state index contributed by atoms with van der Waals surface area (Å²) in [6.45, 7) is -0.0461. The maximum atomic E-state index is 13.0. The SMILES string of the molecule is Bc1cc2c(cc1F)OCC(=O)N2. The first-order chi connectivity index (χ1) is 6.16. The molecule has 1 aliphatic rings. The van der Waals surface area contributed by atoms with Gasteiger partial charge in [-0.05, 0) is 6.07 Å². The molecule has 5 heteroatoms. The molecule has 0 atom stereocenters. The van der Waals surface area contributed by atoms with Crippen molar-refractivity contribution in [2.45, 2.75) is 0 Å². The second-order valence-electron chi connectivity index (χ2n) is 2.93. The van der Waals surface area contributed by atoms with E-state index < -0.39 is 0 Å². The van der Waals surface area contributed by atoms with Gasteiger partial charge < -0.3 is 10.1 Å². The molecule has 0 unspecified atom stereocenters. The lowest BCUT2D eigenvalue weighted by molar-refractivity contribution is -0.118. The lowest BCUT2D eigenvalue weighted by Crippen LogP contribution is -2.27. The van der Waals surface area contributed by atoms with Crippen LogP contribution in [0.25, 0.3) is 0 Å². The summed E-state index contributed by atoms with van der Waals surface area (Å²) < 4.78 is 18.0. The Bertz CT molecular complexity index is 381. The topological polar surface area (TPSA) is 38.3 Å². The zero-order valence-electron chi connectivity index (χ0n) is 7.06. The molecule has 0 aliphatic carbocycles. The number of fused-ring (bicyclic) bond motifs is 1. The van der Waals surface area contributed by atoms with Crippen LogP contribution in [-0.4, -0.2) is 20.4 Å². The minimum Gasteiger partial charge on any atom is -0.481 e. The maximum Gasteiger partial charge on any atom is 0.262 e. The van der Waals surface area contributed by atoms with Crippen LogP contribution in [0.3, 0.4) is 0 Å². The predicted octanol–water partition coefficient (Wildman–Crippen LogP) is -0.585. The highest BCUT2D eigenvalue weighted by atomic mass is 19.1. The summed E-state index contributed by atoms with van der Waals surface area (Å²) in [5.41, 5.74) is 1.03. The van der Waals surface area contributed by atoms with Gasteiger partial charge in [0.25, 0.3) is 5.91 Å². The Morgan fingerprint density at radius 1 is 1.54 bits per heavy atom. The molecule has 0 spiro atoms. The Morgan fingerprint density at radius 3 is 3.08 bits per heavy atom. The molecule has 0 fully saturated rings. The molecule has 2 rings (SSSR count). The summed E-state index contributed by atoms with van der Waals surface area (Å²) in [6, 6.07) is 2.84. The van der Waals surface area contributed by atoms with Gasteiger partial charge in [0.1, 0.15) is 19.4 Å². The number of hydrogen-bond donors (Lipinski definition) is 1. The first-order valence-electron chi connectivity index (χ1n) is 3.89. The van der Waals surface area contributed by atoms with Gasteiger partial charge in [0.05, 0.1) is 5.69 Å². The van der Waals surface area contributed by atoms with Gasteiger partial charge in [-0.2, -0.15) is 0 Å². The molecule has 13 heavy (non-hydrogen) atoms. The number of nitrogens with one attached hydrogen (secondary N) is 1. The number of hydrogen-bond acceptors (Lipinski definition) is 2. The van der Waals surface area contributed by atoms with Crippen molar-refractivity contribution in [1.29, 1.82) is 0 Å². The van der Waals surface area contributed by atoms with Crippen molar-refractivity contribution in [3.05, 3.63) is 17.9 Å². The minimum absolute atomic E-state index is 0.0461. The lowest BCUT2D eigenvalue weighted by atomic mass is 9.94. The number of ether oxygens (including phenoxy) is 1. The van der Waals surface area contributed by atoms with E-state index >= 15 is 0 Å². The molecule has 0 saturated heterocycles. The molecule has 0 saturated carbocycles. The van der Waals surface area contributed by atoms with Crippen LogP contribution >= 0.6 is 0 Å². The van der Waals surface area contributed by atoms with Crippen molar-refractivity contribution in [1.82, 2.24) is 0 Å². The fourth-order valence-electron chi connectivity index (χ4n) is 1.21. The number of amides is 1. The van der Waals surface area contributed by atoms with Gasteiger partial charge in [-0.1, -0.05) is 5.46 Å². The van der Waals surface area contributed by atoms with Gasteiger partial charge in [0.2, 0.25) is 0 Å². The van der Waals surface area contributed by atoms with Gasteiger partial charge in [-0.3, -0.25) is 4.79 Å². The van der Waals surface area contributed by atoms with Gasteiger partial charge in [-0.25, -0.2) is 4.39 Å². The highest BCUT2D eigenvalue weighted by molar-refractivity contribution is 6.33. The quantitative estimate of drug-likeness (QED) is 0.540. The standard InChI is InChI=1S/C8H7BFNO2/c9-4-1-6-7(2-5(4)10)13-3-8(12)11-6/h1-2H,3,9H2,(H,11,12). The highest BCUT2D eigenvalue weighted by Crippen LogP contribution is 2.26. The summed E-state index contributed by atoms with van der Waals surface area (Å²) in [4.78, 5) is 10.9. The molecule has 0 aromatic heterocycles. The second kappa shape index (κ2) is 2.76. The largest absolute Gasteiger partial charge is 0.481 e. The van der Waals surface area contributed by atoms with E-state index in [1.807, 2.05) is 0 Å². The fourth-order valence-corrected chi connectivity index (χ4v) is 1.21. The van der Waals surface area contributed by atoms with E-state index in [1.54, 1.807) is 13.9 Å². The molecule has 0 bridgehead atoms. The zero-order chi connectivity index (χ0) is 9.42. The highest BCUT2D eigenvalue weighted by Gasteiger charge is 2.17. The molecule has 66 valence electrons. The van der Waals surface area contributed by atoms with Crippen LogP contribution in [0.15, 0.2) is 12.1 Å². The van der Waals surface area contributed by atoms with Crippen LogP contribution in [0.1, 0.15) is 0 Å². The smallest absolute Gasteiger partial charge is 0.262 e. The van der Waals surface area contributed by atoms with E-state index in [4.69, 9.17) is 4.74 Å². The van der Waals surface area contributed by atoms with Crippen molar-refractivity contribution < 1.29 is 13.9 Å². The third kappa shape index (κ3) is 1.37. The lowest BCUT2D eigenvalue weighted by Gasteiger charge is -2.18. The number of carbonyl (C=O) groups excluding carboxylic acids is 1. The van der Waals surface area contributed by atoms with Crippen molar-refractivity contribution >= 4 is 24.9 Å². The summed E-state index contributed by atoms with van der Waals surface area (Å²) in [5.74, 6) is -0.142. The maximum absolute atomic E-state index is 13.0. The first kappa shape index (κ1) is 8.10. The van der Waals surface area contributed by atoms with Crippen molar-refractivity contribution in [3.63, 3.8) is 0 Å². The van der Waals surface area contributed by atoms with E-state index in [2.05, 4.69) is 5.32 Å². The molecule has 0 radical (unpaired) electrons. The van der Waals surface area contributed by atoms with Gasteiger partial charge in [0.15, 0.2) is 6.61 Å². The molecule has 1 N–H and O–H groups in total. The summed E-state index contributed by atoms with van der Waals surface area (Å²) in [7, 11) is 1.64. The molecular formula is C8H7BFNO2. The van der Waals surface area contributed by atoms with Crippen LogP contribution < -0.4 is 15.5 Å². The minimum atomic E-state index is -0.324. The van der Waals surface area contributed by atoms with E-state index in [-0.39, 0.29) is 18.3 Å². The molecule has 1 heterocycles. The van der Waals surface area contributed by atoms with Crippen LogP contribution in [-0.2, 0) is 4.79 Å². The molecule has 1 aromatic carbocycles. The number of rotatable bonds is 0. The third-order valence-corrected chi connectivity index (χ3v) is 1.89. The second-order valence-corrected chi connectivity index (χ2v) is 2.93. The predicted molar refractivity (Wildman–Crippen MR) is 48.7 cm³/mol. The van der Waals surface area contributed by atoms with Gasteiger partial charge >= 0.3 is 0 Å². The normalized spacial score (nSPS) is 14.4. The van der Waals surface area contributed by atoms with E-state index in [0.717, 1.165) is 0 Å². The zero-order valence-corrected chi connectivity index (χ0v) is 7.06. The van der Waals surface area contributed by atoms with E-state index in [1.165, 1.54) is 6.07 Å². The summed E-state index contributed by atoms with van der Waals surface area (Å²) in [6.07, 6.45) is 0. The Morgan fingerprint density at radius 2 is 2.31 bits per heavy atom. The monoisotopic (exact) mass is 179 g/mol. The Kier molecular flexibility index (Phi) is 1.72. The number of carbonyl (C=O) groups is 1. The Balaban J connectivity index is 2.49. The summed E-state index contributed by atoms with van der Waals surface area (Å²) >= 11 is 0. The van der Waals surface area contributed by atoms with E-state index in [0.29, 0.717) is 16.9 Å². The number of halogens is 1. The Hall–Kier alpha value is -1.52. The van der Waals surface area contributed by atoms with Crippen LogP contribution in [0, 0.1) is 5.82 Å². The van der Waals surface area contributed by atoms with Gasteiger partial charge in [0, 0.05) is 6.07 Å². The molecule has 3 nitrogen and oxygen atoms in total. The van der Waals surface area contributed by atoms with Crippen molar-refractivity contribution in [2.75, 3.05) is 11.9 Å². The van der Waals surface area contributed by atoms with Crippen LogP contribution in [0.5, 0.6) is 5.75 Å². The average molecular weight is 179 g/mol. The fraction of sp³-hybridized carbons (Fsp3) is 0.125. The first-order valence-corrected chi connectivity index (χ1v) is 3.89. The Labute approximate surface area is 75.3 Å². The molecule has 1 aromatic rings. The van der Waals surface area contributed by atoms with E-state index in [9.17, 15) is 9.18 Å².